The molecule has 0 unspecified atom stereocenters. The Kier molecular flexibility index (Phi) is 6.32. The first-order chi connectivity index (χ1) is 13.1. The van der Waals surface area contributed by atoms with Gasteiger partial charge in [-0.2, -0.15) is 5.10 Å². The van der Waals surface area contributed by atoms with Crippen molar-refractivity contribution in [2.24, 2.45) is 5.10 Å². The van der Waals surface area contributed by atoms with E-state index in [1.54, 1.807) is 23.2 Å². The number of rotatable bonds is 6. The highest BCUT2D eigenvalue weighted by molar-refractivity contribution is 5.80. The van der Waals surface area contributed by atoms with Gasteiger partial charge in [-0.1, -0.05) is 0 Å². The van der Waals surface area contributed by atoms with Crippen LogP contribution < -0.4 is 10.2 Å². The molecule has 0 radical (unpaired) electrons. The number of amides is 1. The number of nitrogens with zero attached hydrogens (tertiary/aromatic N) is 4. The number of benzene rings is 1. The van der Waals surface area contributed by atoms with Crippen LogP contribution in [-0.4, -0.2) is 59.9 Å². The zero-order chi connectivity index (χ0) is 19.1. The van der Waals surface area contributed by atoms with Crippen LogP contribution in [0.3, 0.4) is 0 Å². The predicted molar refractivity (Wildman–Crippen MR) is 102 cm³/mol. The van der Waals surface area contributed by atoms with E-state index < -0.39 is 0 Å². The van der Waals surface area contributed by atoms with Crippen molar-refractivity contribution in [2.45, 2.75) is 13.8 Å². The molecule has 142 valence electrons. The smallest absolute Gasteiger partial charge is 0.260 e. The molecule has 1 aromatic heterocycles. The summed E-state index contributed by atoms with van der Waals surface area (Å²) in [7, 11) is 0. The molecule has 8 heteroatoms. The van der Waals surface area contributed by atoms with Gasteiger partial charge in [0.2, 0.25) is 5.95 Å². The molecular formula is C19H23N5O3. The molecule has 1 N–H and O–H groups in total. The first-order valence-electron chi connectivity index (χ1n) is 8.80. The average Bonchev–Trinajstić information content (AvgIpc) is 2.67. The van der Waals surface area contributed by atoms with Gasteiger partial charge in [0.15, 0.2) is 6.61 Å². The summed E-state index contributed by atoms with van der Waals surface area (Å²) in [6.45, 7) is 6.25. The lowest BCUT2D eigenvalue weighted by molar-refractivity contribution is -0.137. The van der Waals surface area contributed by atoms with Crippen molar-refractivity contribution in [1.82, 2.24) is 14.9 Å². The van der Waals surface area contributed by atoms with Gasteiger partial charge in [-0.15, -0.1) is 0 Å². The number of hydrogen-bond donors (Lipinski definition) is 1. The fourth-order valence-corrected chi connectivity index (χ4v) is 2.64. The van der Waals surface area contributed by atoms with Gasteiger partial charge in [0, 0.05) is 24.5 Å². The molecule has 0 saturated carbocycles. The van der Waals surface area contributed by atoms with Gasteiger partial charge in [-0.3, -0.25) is 4.79 Å². The van der Waals surface area contributed by atoms with Crippen molar-refractivity contribution in [3.8, 4) is 5.75 Å². The fraction of sp³-hybridized carbons (Fsp3) is 0.368. The Balaban J connectivity index is 1.48. The Morgan fingerprint density at radius 2 is 1.89 bits per heavy atom. The number of hydrogen-bond acceptors (Lipinski definition) is 7. The van der Waals surface area contributed by atoms with Gasteiger partial charge < -0.3 is 14.4 Å². The lowest BCUT2D eigenvalue weighted by atomic mass is 10.2. The van der Waals surface area contributed by atoms with Crippen LogP contribution in [0.4, 0.5) is 5.95 Å². The summed E-state index contributed by atoms with van der Waals surface area (Å²) < 4.78 is 10.8. The summed E-state index contributed by atoms with van der Waals surface area (Å²) >= 11 is 0. The Labute approximate surface area is 158 Å². The number of anilines is 1. The van der Waals surface area contributed by atoms with Crippen molar-refractivity contribution < 1.29 is 14.3 Å². The van der Waals surface area contributed by atoms with Gasteiger partial charge in [-0.05, 0) is 49.7 Å². The number of ether oxygens (including phenoxy) is 2. The third-order valence-electron chi connectivity index (χ3n) is 3.97. The van der Waals surface area contributed by atoms with Gasteiger partial charge in [-0.25, -0.2) is 15.4 Å². The van der Waals surface area contributed by atoms with E-state index in [0.29, 0.717) is 38.0 Å². The first-order valence-corrected chi connectivity index (χ1v) is 8.80. The number of hydrazone groups is 1. The number of morpholine rings is 1. The first kappa shape index (κ1) is 18.8. The van der Waals surface area contributed by atoms with Crippen LogP contribution in [0, 0.1) is 13.8 Å². The number of nitrogens with one attached hydrogen (secondary N) is 1. The second-order valence-electron chi connectivity index (χ2n) is 6.20. The molecule has 0 atom stereocenters. The van der Waals surface area contributed by atoms with Crippen LogP contribution >= 0.6 is 0 Å². The molecule has 8 nitrogen and oxygen atoms in total. The number of aryl methyl sites for hydroxylation is 2. The van der Waals surface area contributed by atoms with Crippen molar-refractivity contribution in [1.29, 1.82) is 0 Å². The van der Waals surface area contributed by atoms with Crippen molar-refractivity contribution in [2.75, 3.05) is 38.3 Å². The van der Waals surface area contributed by atoms with E-state index in [1.165, 1.54) is 0 Å². The highest BCUT2D eigenvalue weighted by Crippen LogP contribution is 2.12. The average molecular weight is 369 g/mol. The van der Waals surface area contributed by atoms with Crippen LogP contribution in [-0.2, 0) is 9.53 Å². The van der Waals surface area contributed by atoms with E-state index in [-0.39, 0.29) is 12.5 Å². The van der Waals surface area contributed by atoms with Crippen LogP contribution in [0.1, 0.15) is 17.0 Å². The molecule has 1 saturated heterocycles. The molecular weight excluding hydrogens is 346 g/mol. The van der Waals surface area contributed by atoms with Gasteiger partial charge in [0.1, 0.15) is 5.75 Å². The monoisotopic (exact) mass is 369 g/mol. The molecule has 1 aliphatic rings. The summed E-state index contributed by atoms with van der Waals surface area (Å²) in [6, 6.07) is 9.24. The third kappa shape index (κ3) is 5.75. The Bertz CT molecular complexity index is 781. The Morgan fingerprint density at radius 1 is 1.22 bits per heavy atom. The highest BCUT2D eigenvalue weighted by atomic mass is 16.5. The van der Waals surface area contributed by atoms with E-state index in [2.05, 4.69) is 20.5 Å². The molecule has 2 heterocycles. The maximum atomic E-state index is 12.1. The molecule has 0 bridgehead atoms. The van der Waals surface area contributed by atoms with Crippen LogP contribution in [0.5, 0.6) is 5.75 Å². The lowest BCUT2D eigenvalue weighted by Gasteiger charge is -2.26. The summed E-state index contributed by atoms with van der Waals surface area (Å²) in [6.07, 6.45) is 1.67. The predicted octanol–water partition coefficient (Wildman–Crippen LogP) is 1.78. The SMILES string of the molecule is Cc1cc(C)nc(NN=Cc2ccc(OCC(=O)N3CCOCC3)cc2)n1. The quantitative estimate of drug-likeness (QED) is 0.617. The van der Waals surface area contributed by atoms with Gasteiger partial charge in [0.25, 0.3) is 5.91 Å². The van der Waals surface area contributed by atoms with Gasteiger partial charge >= 0.3 is 0 Å². The second-order valence-corrected chi connectivity index (χ2v) is 6.20. The molecule has 2 aromatic rings. The topological polar surface area (TPSA) is 88.9 Å². The molecule has 1 amide bonds. The second kappa shape index (κ2) is 9.09. The zero-order valence-corrected chi connectivity index (χ0v) is 15.5. The minimum atomic E-state index is -0.0263. The molecule has 27 heavy (non-hydrogen) atoms. The summed E-state index contributed by atoms with van der Waals surface area (Å²) in [5, 5.41) is 4.15. The number of carbonyl (C=O) groups is 1. The Hall–Kier alpha value is -3.00. The summed E-state index contributed by atoms with van der Waals surface area (Å²) in [4.78, 5) is 22.3. The lowest BCUT2D eigenvalue weighted by Crippen LogP contribution is -2.42. The third-order valence-corrected chi connectivity index (χ3v) is 3.97. The molecule has 3 rings (SSSR count). The van der Waals surface area contributed by atoms with Crippen molar-refractivity contribution in [3.63, 3.8) is 0 Å². The van der Waals surface area contributed by atoms with E-state index in [0.717, 1.165) is 17.0 Å². The number of carbonyl (C=O) groups excluding carboxylic acids is 1. The fourth-order valence-electron chi connectivity index (χ4n) is 2.64. The molecule has 0 aliphatic carbocycles. The molecule has 1 aromatic carbocycles. The summed E-state index contributed by atoms with van der Waals surface area (Å²) in [5.41, 5.74) is 5.47. The van der Waals surface area contributed by atoms with Crippen molar-refractivity contribution >= 4 is 18.1 Å². The standard InChI is InChI=1S/C19H23N5O3/c1-14-11-15(2)22-19(21-14)23-20-12-16-3-5-17(6-4-16)27-13-18(25)24-7-9-26-10-8-24/h3-6,11-12H,7-10,13H2,1-2H3,(H,21,22,23). The largest absolute Gasteiger partial charge is 0.484 e. The van der Waals surface area contributed by atoms with E-state index in [9.17, 15) is 4.79 Å². The van der Waals surface area contributed by atoms with Crippen LogP contribution in [0.25, 0.3) is 0 Å². The van der Waals surface area contributed by atoms with Gasteiger partial charge in [0.05, 0.1) is 19.4 Å². The maximum Gasteiger partial charge on any atom is 0.260 e. The van der Waals surface area contributed by atoms with E-state index in [1.807, 2.05) is 32.0 Å². The number of aromatic nitrogens is 2. The Morgan fingerprint density at radius 3 is 2.56 bits per heavy atom. The van der Waals surface area contributed by atoms with Crippen LogP contribution in [0.15, 0.2) is 35.4 Å². The molecule has 1 fully saturated rings. The molecule has 1 aliphatic heterocycles. The van der Waals surface area contributed by atoms with Crippen LogP contribution in [0.2, 0.25) is 0 Å². The normalized spacial score (nSPS) is 14.4. The minimum Gasteiger partial charge on any atom is -0.484 e. The van der Waals surface area contributed by atoms with E-state index in [4.69, 9.17) is 9.47 Å². The zero-order valence-electron chi connectivity index (χ0n) is 15.5. The summed E-state index contributed by atoms with van der Waals surface area (Å²) in [5.74, 6) is 1.08. The maximum absolute atomic E-state index is 12.1. The highest BCUT2D eigenvalue weighted by Gasteiger charge is 2.16. The molecule has 0 spiro atoms. The minimum absolute atomic E-state index is 0.0263. The van der Waals surface area contributed by atoms with E-state index >= 15 is 0 Å². The van der Waals surface area contributed by atoms with Crippen molar-refractivity contribution in [3.05, 3.63) is 47.3 Å².